The molecule has 0 aliphatic heterocycles. The van der Waals surface area contributed by atoms with Gasteiger partial charge in [0.25, 0.3) is 5.91 Å². The molecule has 0 aliphatic rings. The predicted molar refractivity (Wildman–Crippen MR) is 69.0 cm³/mol. The lowest BCUT2D eigenvalue weighted by molar-refractivity contribution is 0.0801. The van der Waals surface area contributed by atoms with Gasteiger partial charge in [0.1, 0.15) is 10.7 Å². The number of hydrogen-bond acceptors (Lipinski definition) is 6. The zero-order valence-electron chi connectivity index (χ0n) is 10.6. The molecule has 0 spiro atoms. The number of aromatic nitrogens is 2. The second kappa shape index (κ2) is 6.29. The molecular formula is C10H17N5O2S. The molecule has 1 rings (SSSR count). The first-order valence-corrected chi connectivity index (χ1v) is 6.28. The van der Waals surface area contributed by atoms with Gasteiger partial charge < -0.3 is 15.8 Å². The third kappa shape index (κ3) is 3.39. The van der Waals surface area contributed by atoms with Gasteiger partial charge >= 0.3 is 0 Å². The Morgan fingerprint density at radius 1 is 1.61 bits per heavy atom. The lowest BCUT2D eigenvalue weighted by atomic mass is 10.1. The topological polar surface area (TPSA) is 105 Å². The first-order chi connectivity index (χ1) is 8.47. The standard InChI is InChI=1S/C10H17N5O2S/c1-6(2)8-9(18-14-12-8)10(16)15(3)5-4-7(11)13-17/h6,17H,4-5H2,1-3H3,(H2,11,13). The summed E-state index contributed by atoms with van der Waals surface area (Å²) in [5.41, 5.74) is 6.07. The fraction of sp³-hybridized carbons (Fsp3) is 0.600. The smallest absolute Gasteiger partial charge is 0.267 e. The lowest BCUT2D eigenvalue weighted by Gasteiger charge is -2.16. The number of amidine groups is 1. The van der Waals surface area contributed by atoms with Crippen LogP contribution in [0.3, 0.4) is 0 Å². The van der Waals surface area contributed by atoms with Gasteiger partial charge in [0.15, 0.2) is 0 Å². The fourth-order valence-corrected chi connectivity index (χ4v) is 2.15. The van der Waals surface area contributed by atoms with Crippen molar-refractivity contribution in [2.24, 2.45) is 10.9 Å². The molecule has 8 heteroatoms. The highest BCUT2D eigenvalue weighted by molar-refractivity contribution is 7.08. The molecule has 1 aromatic rings. The summed E-state index contributed by atoms with van der Waals surface area (Å²) < 4.78 is 3.81. The van der Waals surface area contributed by atoms with E-state index in [1.54, 1.807) is 7.05 Å². The van der Waals surface area contributed by atoms with Crippen LogP contribution in [0.5, 0.6) is 0 Å². The van der Waals surface area contributed by atoms with Gasteiger partial charge in [0, 0.05) is 20.0 Å². The van der Waals surface area contributed by atoms with Gasteiger partial charge in [0.05, 0.1) is 5.69 Å². The van der Waals surface area contributed by atoms with Crippen LogP contribution in [-0.4, -0.2) is 45.0 Å². The van der Waals surface area contributed by atoms with E-state index >= 15 is 0 Å². The summed E-state index contributed by atoms with van der Waals surface area (Å²) >= 11 is 1.09. The molecular weight excluding hydrogens is 254 g/mol. The van der Waals surface area contributed by atoms with E-state index in [1.165, 1.54) is 4.90 Å². The number of carbonyl (C=O) groups excluding carboxylic acids is 1. The Bertz CT molecular complexity index is 443. The highest BCUT2D eigenvalue weighted by Crippen LogP contribution is 2.20. The summed E-state index contributed by atoms with van der Waals surface area (Å²) in [4.78, 5) is 14.2. The minimum atomic E-state index is -0.139. The Hall–Kier alpha value is -1.70. The van der Waals surface area contributed by atoms with Crippen LogP contribution in [0.2, 0.25) is 0 Å². The molecule has 100 valence electrons. The zero-order chi connectivity index (χ0) is 13.7. The van der Waals surface area contributed by atoms with Gasteiger partial charge in [-0.2, -0.15) is 0 Å². The monoisotopic (exact) mass is 271 g/mol. The maximum Gasteiger partial charge on any atom is 0.267 e. The van der Waals surface area contributed by atoms with E-state index in [2.05, 4.69) is 14.7 Å². The maximum atomic E-state index is 12.1. The van der Waals surface area contributed by atoms with Crippen molar-refractivity contribution in [1.29, 1.82) is 0 Å². The van der Waals surface area contributed by atoms with Crippen molar-refractivity contribution in [2.75, 3.05) is 13.6 Å². The number of hydrogen-bond donors (Lipinski definition) is 2. The minimum absolute atomic E-state index is 0.0983. The first-order valence-electron chi connectivity index (χ1n) is 5.51. The average molecular weight is 271 g/mol. The van der Waals surface area contributed by atoms with Crippen molar-refractivity contribution in [3.05, 3.63) is 10.6 Å². The van der Waals surface area contributed by atoms with Crippen LogP contribution in [0.1, 0.15) is 41.6 Å². The number of carbonyl (C=O) groups is 1. The number of amides is 1. The fourth-order valence-electron chi connectivity index (χ4n) is 1.33. The average Bonchev–Trinajstić information content (AvgIpc) is 2.83. The Balaban J connectivity index is 2.71. The highest BCUT2D eigenvalue weighted by atomic mass is 32.1. The minimum Gasteiger partial charge on any atom is -0.409 e. The molecule has 18 heavy (non-hydrogen) atoms. The number of rotatable bonds is 5. The Morgan fingerprint density at radius 2 is 2.28 bits per heavy atom. The van der Waals surface area contributed by atoms with Gasteiger partial charge in [-0.15, -0.1) is 5.10 Å². The van der Waals surface area contributed by atoms with E-state index in [0.717, 1.165) is 11.5 Å². The zero-order valence-corrected chi connectivity index (χ0v) is 11.4. The molecule has 1 heterocycles. The molecule has 1 aromatic heterocycles. The van der Waals surface area contributed by atoms with Crippen LogP contribution in [0.4, 0.5) is 0 Å². The lowest BCUT2D eigenvalue weighted by Crippen LogP contribution is -2.30. The van der Waals surface area contributed by atoms with Crippen LogP contribution >= 0.6 is 11.5 Å². The molecule has 0 fully saturated rings. The van der Waals surface area contributed by atoms with Crippen molar-refractivity contribution >= 4 is 23.3 Å². The number of oxime groups is 1. The van der Waals surface area contributed by atoms with Crippen molar-refractivity contribution < 1.29 is 10.0 Å². The third-order valence-electron chi connectivity index (χ3n) is 2.43. The number of nitrogens with zero attached hydrogens (tertiary/aromatic N) is 4. The molecule has 0 bridgehead atoms. The molecule has 7 nitrogen and oxygen atoms in total. The molecule has 0 aliphatic carbocycles. The molecule has 1 amide bonds. The van der Waals surface area contributed by atoms with Crippen molar-refractivity contribution in [2.45, 2.75) is 26.2 Å². The van der Waals surface area contributed by atoms with E-state index in [-0.39, 0.29) is 17.7 Å². The second-order valence-electron chi connectivity index (χ2n) is 4.21. The molecule has 0 saturated carbocycles. The molecule has 3 N–H and O–H groups in total. The predicted octanol–water partition coefficient (Wildman–Crippen LogP) is 0.870. The van der Waals surface area contributed by atoms with E-state index in [4.69, 9.17) is 10.9 Å². The summed E-state index contributed by atoms with van der Waals surface area (Å²) in [5, 5.41) is 15.3. The van der Waals surface area contributed by atoms with E-state index in [1.807, 2.05) is 13.8 Å². The SMILES string of the molecule is CC(C)c1nnsc1C(=O)N(C)CCC(N)=NO. The van der Waals surface area contributed by atoms with Gasteiger partial charge in [-0.05, 0) is 17.5 Å². The summed E-state index contributed by atoms with van der Waals surface area (Å²) in [5.74, 6) is 0.112. The number of nitrogens with two attached hydrogens (primary N) is 1. The normalized spacial score (nSPS) is 11.9. The first kappa shape index (κ1) is 14.4. The van der Waals surface area contributed by atoms with Crippen molar-refractivity contribution in [3.8, 4) is 0 Å². The summed E-state index contributed by atoms with van der Waals surface area (Å²) in [6.45, 7) is 4.30. The highest BCUT2D eigenvalue weighted by Gasteiger charge is 2.21. The Morgan fingerprint density at radius 3 is 2.83 bits per heavy atom. The van der Waals surface area contributed by atoms with Crippen LogP contribution in [0.25, 0.3) is 0 Å². The molecule has 0 aromatic carbocycles. The third-order valence-corrected chi connectivity index (χ3v) is 3.16. The Kier molecular flexibility index (Phi) is 5.02. The molecule has 0 unspecified atom stereocenters. The van der Waals surface area contributed by atoms with E-state index < -0.39 is 0 Å². The van der Waals surface area contributed by atoms with Crippen molar-refractivity contribution in [3.63, 3.8) is 0 Å². The Labute approximate surface area is 109 Å². The van der Waals surface area contributed by atoms with Crippen LogP contribution in [0, 0.1) is 0 Å². The molecule has 0 radical (unpaired) electrons. The van der Waals surface area contributed by atoms with Gasteiger partial charge in [-0.25, -0.2) is 0 Å². The van der Waals surface area contributed by atoms with Gasteiger partial charge in [0.2, 0.25) is 0 Å². The quantitative estimate of drug-likeness (QED) is 0.358. The van der Waals surface area contributed by atoms with E-state index in [9.17, 15) is 4.79 Å². The summed E-state index contributed by atoms with van der Waals surface area (Å²) in [7, 11) is 1.66. The second-order valence-corrected chi connectivity index (χ2v) is 4.96. The van der Waals surface area contributed by atoms with Crippen LogP contribution in [0.15, 0.2) is 5.16 Å². The maximum absolute atomic E-state index is 12.1. The summed E-state index contributed by atoms with van der Waals surface area (Å²) in [6.07, 6.45) is 0.321. The summed E-state index contributed by atoms with van der Waals surface area (Å²) in [6, 6.07) is 0. The van der Waals surface area contributed by atoms with Gasteiger partial charge in [-0.1, -0.05) is 23.5 Å². The van der Waals surface area contributed by atoms with Crippen LogP contribution in [-0.2, 0) is 0 Å². The van der Waals surface area contributed by atoms with Crippen LogP contribution < -0.4 is 5.73 Å². The molecule has 0 saturated heterocycles. The largest absolute Gasteiger partial charge is 0.409 e. The van der Waals surface area contributed by atoms with E-state index in [0.29, 0.717) is 23.5 Å². The molecule has 0 atom stereocenters. The van der Waals surface area contributed by atoms with Crippen molar-refractivity contribution in [1.82, 2.24) is 14.5 Å². The van der Waals surface area contributed by atoms with Gasteiger partial charge in [-0.3, -0.25) is 4.79 Å².